The average Bonchev–Trinajstić information content (AvgIpc) is 3.04. The topological polar surface area (TPSA) is 126 Å². The maximum atomic E-state index is 12.3. The number of anilines is 4. The zero-order valence-corrected chi connectivity index (χ0v) is 16.7. The molecule has 0 aliphatic carbocycles. The maximum Gasteiger partial charge on any atom is 0.273 e. The van der Waals surface area contributed by atoms with E-state index in [1.54, 1.807) is 30.6 Å². The van der Waals surface area contributed by atoms with E-state index in [0.29, 0.717) is 17.3 Å². The average molecular weight is 408 g/mol. The van der Waals surface area contributed by atoms with Crippen LogP contribution in [0.3, 0.4) is 0 Å². The van der Waals surface area contributed by atoms with Gasteiger partial charge in [0.15, 0.2) is 0 Å². The van der Waals surface area contributed by atoms with Crippen LogP contribution in [-0.2, 0) is 4.79 Å². The van der Waals surface area contributed by atoms with Crippen LogP contribution in [0.25, 0.3) is 0 Å². The summed E-state index contributed by atoms with van der Waals surface area (Å²) in [6.07, 6.45) is 4.86. The van der Waals surface area contributed by atoms with Crippen molar-refractivity contribution in [1.29, 1.82) is 5.26 Å². The van der Waals surface area contributed by atoms with Crippen LogP contribution >= 0.6 is 0 Å². The Hall–Kier alpha value is -3.22. The van der Waals surface area contributed by atoms with E-state index >= 15 is 0 Å². The molecule has 0 unspecified atom stereocenters. The molecule has 3 N–H and O–H groups in total. The molecule has 2 aliphatic heterocycles. The van der Waals surface area contributed by atoms with Crippen LogP contribution in [0.15, 0.2) is 36.7 Å². The smallest absolute Gasteiger partial charge is 0.273 e. The maximum absolute atomic E-state index is 12.3. The summed E-state index contributed by atoms with van der Waals surface area (Å²) in [4.78, 5) is 24.6. The van der Waals surface area contributed by atoms with Crippen molar-refractivity contribution in [3.05, 3.63) is 36.7 Å². The number of rotatable bonds is 4. The van der Waals surface area contributed by atoms with Gasteiger partial charge >= 0.3 is 0 Å². The van der Waals surface area contributed by atoms with E-state index in [1.807, 2.05) is 19.1 Å². The Bertz CT molecular complexity index is 977. The van der Waals surface area contributed by atoms with Gasteiger partial charge < -0.3 is 25.3 Å². The zero-order valence-electron chi connectivity index (χ0n) is 16.7. The Morgan fingerprint density at radius 2 is 1.83 bits per heavy atom. The van der Waals surface area contributed by atoms with E-state index in [0.717, 1.165) is 31.6 Å². The number of nitrogens with one attached hydrogen (secondary N) is 1. The summed E-state index contributed by atoms with van der Waals surface area (Å²) >= 11 is 0. The zero-order chi connectivity index (χ0) is 21.4. The van der Waals surface area contributed by atoms with Crippen LogP contribution < -0.4 is 15.1 Å². The van der Waals surface area contributed by atoms with Gasteiger partial charge in [-0.3, -0.25) is 4.79 Å². The van der Waals surface area contributed by atoms with Crippen LogP contribution in [0.4, 0.5) is 23.0 Å². The van der Waals surface area contributed by atoms with Gasteiger partial charge in [-0.25, -0.2) is 9.97 Å². The second-order valence-electron chi connectivity index (χ2n) is 8.09. The Balaban J connectivity index is 1.44. The molecule has 0 aromatic carbocycles. The number of hydrogen-bond donors (Lipinski definition) is 3. The minimum atomic E-state index is -1.96. The summed E-state index contributed by atoms with van der Waals surface area (Å²) in [5.41, 5.74) is -1.00. The Morgan fingerprint density at radius 1 is 1.07 bits per heavy atom. The molecule has 30 heavy (non-hydrogen) atoms. The Kier molecular flexibility index (Phi) is 5.05. The quantitative estimate of drug-likeness (QED) is 0.651. The van der Waals surface area contributed by atoms with E-state index in [2.05, 4.69) is 20.2 Å². The molecule has 0 radical (unpaired) electrons. The fourth-order valence-electron chi connectivity index (χ4n) is 3.74. The van der Waals surface area contributed by atoms with Crippen molar-refractivity contribution >= 4 is 28.9 Å². The summed E-state index contributed by atoms with van der Waals surface area (Å²) in [5, 5.41) is 32.3. The molecule has 1 amide bonds. The molecule has 1 atom stereocenters. The first-order chi connectivity index (χ1) is 14.3. The lowest BCUT2D eigenvalue weighted by Gasteiger charge is -2.36. The van der Waals surface area contributed by atoms with E-state index < -0.39 is 17.1 Å². The Labute approximate surface area is 174 Å². The molecule has 4 rings (SSSR count). The van der Waals surface area contributed by atoms with Gasteiger partial charge in [-0.05, 0) is 38.0 Å². The lowest BCUT2D eigenvalue weighted by molar-refractivity contribution is -0.128. The number of pyridine rings is 2. The lowest BCUT2D eigenvalue weighted by Crippen LogP contribution is -2.42. The van der Waals surface area contributed by atoms with Gasteiger partial charge in [-0.2, -0.15) is 5.26 Å². The number of aromatic nitrogens is 2. The number of nitriles is 1. The fourth-order valence-corrected chi connectivity index (χ4v) is 3.74. The van der Waals surface area contributed by atoms with Crippen molar-refractivity contribution in [2.24, 2.45) is 0 Å². The number of amides is 1. The van der Waals surface area contributed by atoms with Crippen molar-refractivity contribution in [2.75, 3.05) is 34.8 Å². The summed E-state index contributed by atoms with van der Waals surface area (Å²) in [6.45, 7) is 3.70. The minimum absolute atomic E-state index is 0.0718. The molecule has 0 spiro atoms. The third-order valence-corrected chi connectivity index (χ3v) is 5.75. The van der Waals surface area contributed by atoms with E-state index in [9.17, 15) is 15.0 Å². The normalized spacial score (nSPS) is 23.3. The molecule has 0 saturated carbocycles. The molecule has 9 nitrogen and oxygen atoms in total. The molecule has 2 fully saturated rings. The number of hydrogen-bond acceptors (Lipinski definition) is 8. The van der Waals surface area contributed by atoms with Crippen molar-refractivity contribution in [1.82, 2.24) is 9.97 Å². The monoisotopic (exact) mass is 408 g/mol. The molecule has 2 aromatic heterocycles. The molecule has 2 aromatic rings. The van der Waals surface area contributed by atoms with E-state index in [1.165, 1.54) is 4.90 Å². The molecular weight excluding hydrogens is 384 g/mol. The highest BCUT2D eigenvalue weighted by atomic mass is 16.3. The number of piperidine rings is 1. The Morgan fingerprint density at radius 3 is 2.47 bits per heavy atom. The van der Waals surface area contributed by atoms with Crippen molar-refractivity contribution in [3.63, 3.8) is 0 Å². The summed E-state index contributed by atoms with van der Waals surface area (Å²) in [5.74, 6) is 0.487. The highest BCUT2D eigenvalue weighted by Gasteiger charge is 2.46. The minimum Gasteiger partial charge on any atom is -0.390 e. The van der Waals surface area contributed by atoms with Gasteiger partial charge in [0.2, 0.25) is 5.60 Å². The third kappa shape index (κ3) is 3.92. The molecule has 9 heteroatoms. The lowest BCUT2D eigenvalue weighted by atomic mass is 9.94. The second kappa shape index (κ2) is 7.55. The number of aliphatic hydroxyl groups is 2. The molecule has 2 aliphatic rings. The van der Waals surface area contributed by atoms with Crippen molar-refractivity contribution in [2.45, 2.75) is 37.4 Å². The molecule has 156 valence electrons. The third-order valence-electron chi connectivity index (χ3n) is 5.75. The highest BCUT2D eigenvalue weighted by Crippen LogP contribution is 2.30. The highest BCUT2D eigenvalue weighted by molar-refractivity contribution is 6.03. The van der Waals surface area contributed by atoms with Crippen LogP contribution in [0, 0.1) is 11.3 Å². The number of nitrogens with zero attached hydrogens (tertiary/aromatic N) is 5. The van der Waals surface area contributed by atoms with Crippen molar-refractivity contribution in [3.8, 4) is 6.07 Å². The van der Waals surface area contributed by atoms with E-state index in [-0.39, 0.29) is 13.0 Å². The summed E-state index contributed by atoms with van der Waals surface area (Å²) in [6, 6.07) is 8.85. The van der Waals surface area contributed by atoms with Gasteiger partial charge in [0.25, 0.3) is 5.91 Å². The molecule has 4 heterocycles. The second-order valence-corrected chi connectivity index (χ2v) is 8.09. The van der Waals surface area contributed by atoms with Crippen LogP contribution in [-0.4, -0.2) is 56.9 Å². The summed E-state index contributed by atoms with van der Waals surface area (Å²) < 4.78 is 0. The molecule has 2 saturated heterocycles. The largest absolute Gasteiger partial charge is 0.390 e. The first kappa shape index (κ1) is 20.1. The first-order valence-electron chi connectivity index (χ1n) is 9.92. The predicted molar refractivity (Wildman–Crippen MR) is 111 cm³/mol. The fraction of sp³-hybridized carbons (Fsp3) is 0.429. The van der Waals surface area contributed by atoms with Gasteiger partial charge in [0.05, 0.1) is 17.5 Å². The summed E-state index contributed by atoms with van der Waals surface area (Å²) in [7, 11) is 0. The van der Waals surface area contributed by atoms with Crippen LogP contribution in [0.2, 0.25) is 0 Å². The van der Waals surface area contributed by atoms with E-state index in [4.69, 9.17) is 5.26 Å². The number of carbonyl (C=O) groups excluding carboxylic acids is 1. The van der Waals surface area contributed by atoms with Crippen LogP contribution in [0.5, 0.6) is 0 Å². The molecular formula is C21H24N6O3. The van der Waals surface area contributed by atoms with Crippen LogP contribution in [0.1, 0.15) is 26.2 Å². The molecule has 0 bridgehead atoms. The standard InChI is InChI=1S/C21H24N6O3/c1-20(29)5-9-26(10-6-20)16-2-3-17(24-13-16)25-18-12-15(4-8-23-18)27-11-7-21(30,14-22)19(27)28/h2-4,8,12-13,29-30H,5-7,9-11H2,1H3,(H,23,24,25)/t21-/m0/s1. The van der Waals surface area contributed by atoms with Gasteiger partial charge in [0, 0.05) is 44.0 Å². The van der Waals surface area contributed by atoms with Gasteiger partial charge in [0.1, 0.15) is 17.7 Å². The van der Waals surface area contributed by atoms with Gasteiger partial charge in [-0.15, -0.1) is 0 Å². The first-order valence-corrected chi connectivity index (χ1v) is 9.92. The number of carbonyl (C=O) groups is 1. The predicted octanol–water partition coefficient (Wildman–Crippen LogP) is 1.56. The SMILES string of the molecule is CC1(O)CCN(c2ccc(Nc3cc(N4CC[C@](O)(C#N)C4=O)ccn3)nc2)CC1. The van der Waals surface area contributed by atoms with Crippen molar-refractivity contribution < 1.29 is 15.0 Å². The van der Waals surface area contributed by atoms with Gasteiger partial charge in [-0.1, -0.05) is 0 Å².